The van der Waals surface area contributed by atoms with E-state index in [1.165, 1.54) is 11.3 Å². The Morgan fingerprint density at radius 1 is 1.44 bits per heavy atom. The molecule has 1 atom stereocenters. The number of nitrogens with zero attached hydrogens (tertiary/aromatic N) is 4. The lowest BCUT2D eigenvalue weighted by Gasteiger charge is -2.35. The summed E-state index contributed by atoms with van der Waals surface area (Å²) in [4.78, 5) is 19.7. The Bertz CT molecular complexity index is 820. The van der Waals surface area contributed by atoms with Gasteiger partial charge in [-0.3, -0.25) is 4.79 Å². The minimum atomic E-state index is -1.03. The molecule has 0 bridgehead atoms. The minimum Gasteiger partial charge on any atom is -0.324 e. The van der Waals surface area contributed by atoms with Crippen LogP contribution >= 0.6 is 11.3 Å². The van der Waals surface area contributed by atoms with Crippen molar-refractivity contribution >= 4 is 29.3 Å². The highest BCUT2D eigenvalue weighted by Crippen LogP contribution is 2.28. The zero-order chi connectivity index (χ0) is 18.0. The molecule has 1 unspecified atom stereocenters. The largest absolute Gasteiger partial charge is 0.324 e. The molecule has 25 heavy (non-hydrogen) atoms. The topological polar surface area (TPSA) is 74.6 Å². The molecule has 0 spiro atoms. The van der Waals surface area contributed by atoms with Gasteiger partial charge in [-0.15, -0.1) is 11.3 Å². The summed E-state index contributed by atoms with van der Waals surface area (Å²) >= 11 is 1.53. The van der Waals surface area contributed by atoms with Crippen molar-refractivity contribution in [2.75, 3.05) is 20.6 Å². The Kier molecular flexibility index (Phi) is 4.73. The monoisotopic (exact) mass is 358 g/mol. The Hall–Kier alpha value is -2.45. The van der Waals surface area contributed by atoms with Gasteiger partial charge in [0.15, 0.2) is 0 Å². The third-order valence-corrected chi connectivity index (χ3v) is 4.68. The summed E-state index contributed by atoms with van der Waals surface area (Å²) in [7, 11) is 3.71. The summed E-state index contributed by atoms with van der Waals surface area (Å²) in [5, 5.41) is 12.9. The molecule has 0 fully saturated rings. The van der Waals surface area contributed by atoms with Crippen LogP contribution in [0.1, 0.15) is 16.3 Å². The molecular weight excluding hydrogens is 336 g/mol. The highest BCUT2D eigenvalue weighted by Gasteiger charge is 2.37. The molecule has 1 amide bonds. The van der Waals surface area contributed by atoms with E-state index >= 15 is 0 Å². The van der Waals surface area contributed by atoms with Gasteiger partial charge in [-0.1, -0.05) is 6.07 Å². The van der Waals surface area contributed by atoms with Crippen molar-refractivity contribution in [2.24, 2.45) is 4.99 Å². The van der Waals surface area contributed by atoms with Crippen molar-refractivity contribution in [3.63, 3.8) is 0 Å². The van der Waals surface area contributed by atoms with Gasteiger partial charge in [0, 0.05) is 11.9 Å². The quantitative estimate of drug-likeness (QED) is 0.850. The fourth-order valence-electron chi connectivity index (χ4n) is 2.74. The summed E-state index contributed by atoms with van der Waals surface area (Å²) in [6.07, 6.45) is 3.56. The van der Waals surface area contributed by atoms with E-state index in [9.17, 15) is 4.79 Å². The van der Waals surface area contributed by atoms with E-state index < -0.39 is 5.79 Å². The molecule has 0 radical (unpaired) electrons. The number of hydrogen-bond donors (Lipinski definition) is 2. The van der Waals surface area contributed by atoms with Gasteiger partial charge >= 0.3 is 0 Å². The number of rotatable bonds is 5. The average molecular weight is 358 g/mol. The summed E-state index contributed by atoms with van der Waals surface area (Å²) in [5.41, 5.74) is 1.94. The van der Waals surface area contributed by atoms with E-state index in [1.807, 2.05) is 67.2 Å². The van der Waals surface area contributed by atoms with Gasteiger partial charge in [0.25, 0.3) is 0 Å². The average Bonchev–Trinajstić information content (AvgIpc) is 3.16. The van der Waals surface area contributed by atoms with Crippen molar-refractivity contribution in [1.29, 1.82) is 0 Å². The number of carbonyl (C=O) groups is 1. The van der Waals surface area contributed by atoms with Crippen LogP contribution < -0.4 is 10.6 Å². The Labute approximate surface area is 151 Å². The van der Waals surface area contributed by atoms with Gasteiger partial charge in [-0.2, -0.15) is 5.10 Å². The van der Waals surface area contributed by atoms with E-state index in [0.717, 1.165) is 22.1 Å². The molecule has 1 aliphatic heterocycles. The number of amides is 1. The van der Waals surface area contributed by atoms with Gasteiger partial charge in [-0.05, 0) is 51.5 Å². The van der Waals surface area contributed by atoms with E-state index in [-0.39, 0.29) is 12.5 Å². The Morgan fingerprint density at radius 2 is 2.24 bits per heavy atom. The van der Waals surface area contributed by atoms with Crippen LogP contribution in [0.25, 0.3) is 5.82 Å². The lowest BCUT2D eigenvalue weighted by Crippen LogP contribution is -2.56. The second-order valence-electron chi connectivity index (χ2n) is 6.27. The van der Waals surface area contributed by atoms with Crippen molar-refractivity contribution < 1.29 is 4.79 Å². The second kappa shape index (κ2) is 6.81. The first-order valence-corrected chi connectivity index (χ1v) is 8.85. The lowest BCUT2D eigenvalue weighted by molar-refractivity contribution is -0.123. The highest BCUT2D eigenvalue weighted by atomic mass is 32.1. The van der Waals surface area contributed by atoms with E-state index in [2.05, 4.69) is 20.7 Å². The van der Waals surface area contributed by atoms with Crippen molar-refractivity contribution in [2.45, 2.75) is 19.6 Å². The third-order valence-electron chi connectivity index (χ3n) is 3.71. The van der Waals surface area contributed by atoms with Crippen LogP contribution in [0, 0.1) is 13.8 Å². The normalized spacial score (nSPS) is 19.6. The van der Waals surface area contributed by atoms with Crippen LogP contribution in [0.3, 0.4) is 0 Å². The van der Waals surface area contributed by atoms with Crippen molar-refractivity contribution in [1.82, 2.24) is 25.3 Å². The van der Waals surface area contributed by atoms with Gasteiger partial charge in [-0.25, -0.2) is 9.67 Å². The van der Waals surface area contributed by atoms with E-state index in [4.69, 9.17) is 0 Å². The first kappa shape index (κ1) is 17.4. The minimum absolute atomic E-state index is 0.113. The molecule has 3 rings (SSSR count). The molecule has 3 heterocycles. The predicted molar refractivity (Wildman–Crippen MR) is 100 cm³/mol. The van der Waals surface area contributed by atoms with Gasteiger partial charge in [0.2, 0.25) is 11.7 Å². The number of thiophene rings is 1. The molecule has 8 heteroatoms. The number of allylic oxidation sites excluding steroid dienone is 1. The van der Waals surface area contributed by atoms with Gasteiger partial charge in [0.1, 0.15) is 5.82 Å². The zero-order valence-electron chi connectivity index (χ0n) is 14.8. The second-order valence-corrected chi connectivity index (χ2v) is 7.22. The molecule has 0 saturated carbocycles. The summed E-state index contributed by atoms with van der Waals surface area (Å²) < 4.78 is 1.82. The third kappa shape index (κ3) is 3.64. The molecule has 0 aliphatic carbocycles. The number of hydrogen-bond acceptors (Lipinski definition) is 6. The van der Waals surface area contributed by atoms with E-state index in [1.54, 1.807) is 6.21 Å². The molecule has 7 nitrogen and oxygen atoms in total. The first-order chi connectivity index (χ1) is 11.9. The Balaban J connectivity index is 1.94. The molecule has 132 valence electrons. The zero-order valence-corrected chi connectivity index (χ0v) is 15.6. The fraction of sp³-hybridized carbons (Fsp3) is 0.353. The molecular formula is C17H22N6OS. The lowest BCUT2D eigenvalue weighted by atomic mass is 10.2. The molecule has 2 aromatic heterocycles. The Morgan fingerprint density at radius 3 is 2.84 bits per heavy atom. The van der Waals surface area contributed by atoms with Crippen LogP contribution in [-0.4, -0.2) is 47.4 Å². The van der Waals surface area contributed by atoms with Gasteiger partial charge < -0.3 is 15.5 Å². The van der Waals surface area contributed by atoms with Crippen molar-refractivity contribution in [3.8, 4) is 0 Å². The maximum absolute atomic E-state index is 12.4. The van der Waals surface area contributed by atoms with Crippen LogP contribution in [0.5, 0.6) is 0 Å². The molecule has 2 N–H and O–H groups in total. The maximum Gasteiger partial charge on any atom is 0.245 e. The van der Waals surface area contributed by atoms with Crippen LogP contribution in [-0.2, 0) is 10.6 Å². The standard InChI is InChI=1S/C17H22N6OS/c1-12-10-13(2)23(21-12)15-7-8-18-17(19-15,14-6-5-9-25-14)20-16(24)11-22(3)4/h5-10,19H,11H2,1-4H3,(H,20,24). The van der Waals surface area contributed by atoms with Gasteiger partial charge in [0.05, 0.1) is 17.1 Å². The van der Waals surface area contributed by atoms with E-state index in [0.29, 0.717) is 0 Å². The number of aliphatic imine (C=N–C) groups is 1. The van der Waals surface area contributed by atoms with Crippen molar-refractivity contribution in [3.05, 3.63) is 45.9 Å². The molecule has 2 aromatic rings. The number of nitrogens with one attached hydrogen (secondary N) is 2. The predicted octanol–water partition coefficient (Wildman–Crippen LogP) is 1.52. The fourth-order valence-corrected chi connectivity index (χ4v) is 3.52. The summed E-state index contributed by atoms with van der Waals surface area (Å²) in [5.74, 6) is -0.380. The number of aryl methyl sites for hydroxylation is 2. The molecule has 0 aromatic carbocycles. The summed E-state index contributed by atoms with van der Waals surface area (Å²) in [6.45, 7) is 4.22. The van der Waals surface area contributed by atoms with Crippen LogP contribution in [0.2, 0.25) is 0 Å². The smallest absolute Gasteiger partial charge is 0.245 e. The highest BCUT2D eigenvalue weighted by molar-refractivity contribution is 7.10. The SMILES string of the molecule is Cc1cc(C)n(C2=CC=NC(NC(=O)CN(C)C)(c3cccs3)N2)n1. The number of carbonyl (C=O) groups excluding carboxylic acids is 1. The molecule has 0 saturated heterocycles. The maximum atomic E-state index is 12.4. The first-order valence-electron chi connectivity index (χ1n) is 7.97. The van der Waals surface area contributed by atoms with Crippen LogP contribution in [0.4, 0.5) is 0 Å². The van der Waals surface area contributed by atoms with Crippen LogP contribution in [0.15, 0.2) is 34.6 Å². The molecule has 1 aliphatic rings. The number of likely N-dealkylation sites (N-methyl/N-ethyl adjacent to an activating group) is 1. The summed E-state index contributed by atoms with van der Waals surface area (Å²) in [6, 6.07) is 5.90. The number of aromatic nitrogens is 2.